The molecule has 3 aromatic carbocycles. The topological polar surface area (TPSA) is 49.4 Å². The monoisotopic (exact) mass is 438 g/mol. The first-order chi connectivity index (χ1) is 14.8. The van der Waals surface area contributed by atoms with Crippen molar-refractivity contribution >= 4 is 40.4 Å². The fraction of sp³-hybridized carbons (Fsp3) is 0.0833. The molecule has 2 amide bonds. The minimum atomic E-state index is -0.662. The number of rotatable bonds is 4. The summed E-state index contributed by atoms with van der Waals surface area (Å²) in [5, 5.41) is 2.86. The minimum absolute atomic E-state index is 0.0454. The van der Waals surface area contributed by atoms with Crippen LogP contribution < -0.4 is 10.2 Å². The molecular formula is C24H17ClF2N2O2. The molecule has 0 bridgehead atoms. The number of carbonyl (C=O) groups excluding carboxylic acids is 2. The van der Waals surface area contributed by atoms with Crippen LogP contribution in [0.4, 0.5) is 20.2 Å². The lowest BCUT2D eigenvalue weighted by Gasteiger charge is -2.16. The summed E-state index contributed by atoms with van der Waals surface area (Å²) in [6.45, 7) is 3.83. The summed E-state index contributed by atoms with van der Waals surface area (Å²) in [6, 6.07) is 14.5. The van der Waals surface area contributed by atoms with E-state index in [9.17, 15) is 18.4 Å². The number of imide groups is 1. The van der Waals surface area contributed by atoms with Crippen LogP contribution in [0.3, 0.4) is 0 Å². The summed E-state index contributed by atoms with van der Waals surface area (Å²) in [5.74, 6) is -2.37. The molecular weight excluding hydrogens is 422 g/mol. The highest BCUT2D eigenvalue weighted by Crippen LogP contribution is 2.35. The van der Waals surface area contributed by atoms with E-state index in [0.717, 1.165) is 22.1 Å². The normalized spacial score (nSPS) is 13.9. The van der Waals surface area contributed by atoms with E-state index in [-0.39, 0.29) is 22.0 Å². The maximum atomic E-state index is 13.6. The molecule has 0 saturated carbocycles. The van der Waals surface area contributed by atoms with Gasteiger partial charge >= 0.3 is 0 Å². The van der Waals surface area contributed by atoms with Gasteiger partial charge in [0.15, 0.2) is 0 Å². The number of hydrogen-bond donors (Lipinski definition) is 1. The molecule has 1 aliphatic rings. The average Bonchev–Trinajstić information content (AvgIpc) is 2.97. The van der Waals surface area contributed by atoms with Crippen molar-refractivity contribution in [2.75, 3.05) is 10.2 Å². The van der Waals surface area contributed by atoms with Crippen LogP contribution in [-0.4, -0.2) is 11.8 Å². The van der Waals surface area contributed by atoms with Gasteiger partial charge in [0.05, 0.1) is 16.3 Å². The van der Waals surface area contributed by atoms with E-state index in [1.165, 1.54) is 36.4 Å². The zero-order valence-electron chi connectivity index (χ0n) is 16.7. The first kappa shape index (κ1) is 20.8. The smallest absolute Gasteiger partial charge is 0.282 e. The number of nitrogens with zero attached hydrogens (tertiary/aromatic N) is 1. The summed E-state index contributed by atoms with van der Waals surface area (Å²) in [7, 11) is 0. The van der Waals surface area contributed by atoms with Gasteiger partial charge in [-0.1, -0.05) is 41.4 Å². The Morgan fingerprint density at radius 1 is 0.871 bits per heavy atom. The molecule has 0 aliphatic carbocycles. The minimum Gasteiger partial charge on any atom is -0.350 e. The van der Waals surface area contributed by atoms with Gasteiger partial charge in [0.1, 0.15) is 17.3 Å². The molecule has 0 fully saturated rings. The average molecular weight is 439 g/mol. The zero-order valence-corrected chi connectivity index (χ0v) is 17.4. The third-order valence-corrected chi connectivity index (χ3v) is 5.31. The second kappa shape index (κ2) is 7.96. The SMILES string of the molecule is Cc1ccc(NC2=C(c3ccc(F)cc3)C(=O)N(c3ccc(F)c(Cl)c3)C2=O)c(C)c1. The van der Waals surface area contributed by atoms with Crippen LogP contribution in [0.15, 0.2) is 66.4 Å². The molecule has 156 valence electrons. The highest BCUT2D eigenvalue weighted by Gasteiger charge is 2.40. The van der Waals surface area contributed by atoms with Gasteiger partial charge in [0.2, 0.25) is 0 Å². The van der Waals surface area contributed by atoms with Crippen molar-refractivity contribution in [3.05, 3.63) is 99.7 Å². The number of benzene rings is 3. The van der Waals surface area contributed by atoms with Gasteiger partial charge in [-0.15, -0.1) is 0 Å². The number of amides is 2. The summed E-state index contributed by atoms with van der Waals surface area (Å²) in [4.78, 5) is 27.6. The first-order valence-corrected chi connectivity index (χ1v) is 9.82. The van der Waals surface area contributed by atoms with Gasteiger partial charge in [-0.2, -0.15) is 0 Å². The molecule has 31 heavy (non-hydrogen) atoms. The fourth-order valence-corrected chi connectivity index (χ4v) is 3.65. The van der Waals surface area contributed by atoms with Gasteiger partial charge in [-0.05, 0) is 61.4 Å². The number of nitrogens with one attached hydrogen (secondary N) is 1. The number of hydrogen-bond acceptors (Lipinski definition) is 3. The van der Waals surface area contributed by atoms with E-state index in [4.69, 9.17) is 11.6 Å². The Labute approximate surface area is 182 Å². The van der Waals surface area contributed by atoms with Crippen molar-refractivity contribution < 1.29 is 18.4 Å². The van der Waals surface area contributed by atoms with Gasteiger partial charge in [0, 0.05) is 5.69 Å². The number of halogens is 3. The maximum absolute atomic E-state index is 13.6. The van der Waals surface area contributed by atoms with Crippen LogP contribution in [0.5, 0.6) is 0 Å². The van der Waals surface area contributed by atoms with Crippen molar-refractivity contribution in [1.29, 1.82) is 0 Å². The highest BCUT2D eigenvalue weighted by molar-refractivity contribution is 6.46. The molecule has 1 N–H and O–H groups in total. The molecule has 0 unspecified atom stereocenters. The van der Waals surface area contributed by atoms with Crippen molar-refractivity contribution in [1.82, 2.24) is 0 Å². The van der Waals surface area contributed by atoms with Crippen LogP contribution in [0.1, 0.15) is 16.7 Å². The Hall–Kier alpha value is -3.51. The third kappa shape index (κ3) is 3.82. The molecule has 0 atom stereocenters. The largest absolute Gasteiger partial charge is 0.350 e. The molecule has 3 aromatic rings. The number of anilines is 2. The predicted octanol–water partition coefficient (Wildman–Crippen LogP) is 5.63. The quantitative estimate of drug-likeness (QED) is 0.537. The third-order valence-electron chi connectivity index (χ3n) is 5.02. The van der Waals surface area contributed by atoms with Crippen molar-refractivity contribution in [3.63, 3.8) is 0 Å². The summed E-state index contributed by atoms with van der Waals surface area (Å²) < 4.78 is 27.1. The molecule has 7 heteroatoms. The van der Waals surface area contributed by atoms with Gasteiger partial charge < -0.3 is 5.32 Å². The molecule has 1 aliphatic heterocycles. The summed E-state index contributed by atoms with van der Waals surface area (Å²) >= 11 is 5.87. The highest BCUT2D eigenvalue weighted by atomic mass is 35.5. The van der Waals surface area contributed by atoms with Gasteiger partial charge in [-0.3, -0.25) is 9.59 Å². The van der Waals surface area contributed by atoms with E-state index < -0.39 is 23.4 Å². The van der Waals surface area contributed by atoms with Crippen molar-refractivity contribution in [2.24, 2.45) is 0 Å². The standard InChI is InChI=1S/C24H17ClF2N2O2/c1-13-3-10-20(14(2)11-13)28-22-21(15-4-6-16(26)7-5-15)23(30)29(24(22)31)17-8-9-19(27)18(25)12-17/h3-12,28H,1-2H3. The molecule has 1 heterocycles. The van der Waals surface area contributed by atoms with Crippen LogP contribution >= 0.6 is 11.6 Å². The lowest BCUT2D eigenvalue weighted by molar-refractivity contribution is -0.120. The van der Waals surface area contributed by atoms with Crippen molar-refractivity contribution in [3.8, 4) is 0 Å². The molecule has 0 radical (unpaired) electrons. The number of carbonyl (C=O) groups is 2. The van der Waals surface area contributed by atoms with E-state index in [0.29, 0.717) is 11.3 Å². The molecule has 0 aromatic heterocycles. The van der Waals surface area contributed by atoms with Crippen LogP contribution in [0.2, 0.25) is 5.02 Å². The van der Waals surface area contributed by atoms with Gasteiger partial charge in [0.25, 0.3) is 11.8 Å². The lowest BCUT2D eigenvalue weighted by atomic mass is 10.0. The first-order valence-electron chi connectivity index (χ1n) is 9.44. The van der Waals surface area contributed by atoms with Crippen LogP contribution in [0.25, 0.3) is 5.57 Å². The Morgan fingerprint density at radius 3 is 2.23 bits per heavy atom. The predicted molar refractivity (Wildman–Crippen MR) is 117 cm³/mol. The second-order valence-electron chi connectivity index (χ2n) is 7.24. The lowest BCUT2D eigenvalue weighted by Crippen LogP contribution is -2.32. The van der Waals surface area contributed by atoms with Crippen LogP contribution in [-0.2, 0) is 9.59 Å². The Kier molecular flexibility index (Phi) is 5.33. The zero-order chi connectivity index (χ0) is 22.3. The molecule has 4 rings (SSSR count). The second-order valence-corrected chi connectivity index (χ2v) is 7.65. The van der Waals surface area contributed by atoms with E-state index in [1.807, 2.05) is 32.0 Å². The Balaban J connectivity index is 1.84. The summed E-state index contributed by atoms with van der Waals surface area (Å²) in [6.07, 6.45) is 0. The van der Waals surface area contributed by atoms with E-state index >= 15 is 0 Å². The van der Waals surface area contributed by atoms with Crippen LogP contribution in [0, 0.1) is 25.5 Å². The molecule has 0 saturated heterocycles. The Bertz CT molecular complexity index is 1250. The molecule has 4 nitrogen and oxygen atoms in total. The number of aryl methyl sites for hydroxylation is 2. The van der Waals surface area contributed by atoms with Gasteiger partial charge in [-0.25, -0.2) is 13.7 Å². The maximum Gasteiger partial charge on any atom is 0.282 e. The molecule has 0 spiro atoms. The van der Waals surface area contributed by atoms with E-state index in [2.05, 4.69) is 5.32 Å². The van der Waals surface area contributed by atoms with E-state index in [1.54, 1.807) is 0 Å². The fourth-order valence-electron chi connectivity index (χ4n) is 3.48. The summed E-state index contributed by atoms with van der Waals surface area (Å²) in [5.41, 5.74) is 3.23. The Morgan fingerprint density at radius 2 is 1.58 bits per heavy atom. The van der Waals surface area contributed by atoms with Crippen molar-refractivity contribution in [2.45, 2.75) is 13.8 Å².